The van der Waals surface area contributed by atoms with Crippen molar-refractivity contribution >= 4 is 26.7 Å². The maximum absolute atomic E-state index is 12.7. The van der Waals surface area contributed by atoms with Crippen molar-refractivity contribution in [2.45, 2.75) is 0 Å². The van der Waals surface area contributed by atoms with Gasteiger partial charge in [-0.15, -0.1) is 0 Å². The molecule has 0 N–H and O–H groups in total. The van der Waals surface area contributed by atoms with Crippen LogP contribution in [0, 0.1) is 5.82 Å². The highest BCUT2D eigenvalue weighted by molar-refractivity contribution is 9.10. The molecule has 0 spiro atoms. The van der Waals surface area contributed by atoms with E-state index in [4.69, 9.17) is 4.74 Å². The summed E-state index contributed by atoms with van der Waals surface area (Å²) >= 11 is 3.42. The van der Waals surface area contributed by atoms with Crippen LogP contribution in [0.3, 0.4) is 0 Å². The third-order valence-electron chi connectivity index (χ3n) is 2.58. The highest BCUT2D eigenvalue weighted by atomic mass is 79.9. The quantitative estimate of drug-likeness (QED) is 0.705. The molecule has 0 amide bonds. The van der Waals surface area contributed by atoms with E-state index in [1.165, 1.54) is 0 Å². The Labute approximate surface area is 117 Å². The largest absolute Gasteiger partial charge is 0.424 e. The third kappa shape index (κ3) is 2.71. The summed E-state index contributed by atoms with van der Waals surface area (Å²) in [4.78, 5) is 7.50. The molecule has 0 aliphatic carbocycles. The zero-order valence-corrected chi connectivity index (χ0v) is 11.3. The molecule has 1 aromatic heterocycles. The van der Waals surface area contributed by atoms with Crippen molar-refractivity contribution in [1.29, 1.82) is 0 Å². The van der Waals surface area contributed by atoms with E-state index in [0.29, 0.717) is 5.75 Å². The van der Waals surface area contributed by atoms with Gasteiger partial charge in [-0.2, -0.15) is 0 Å². The van der Waals surface area contributed by atoms with Gasteiger partial charge in [0.1, 0.15) is 5.75 Å². The standard InChI is InChI=1S/C14H8BrFN2O/c15-11-3-1-10-6-13(4-2-9(10)5-11)19-14-17-7-12(16)8-18-14/h1-8H. The van der Waals surface area contributed by atoms with Crippen LogP contribution in [-0.2, 0) is 0 Å². The minimum absolute atomic E-state index is 0.123. The molecule has 0 fully saturated rings. The molecular formula is C14H8BrFN2O. The van der Waals surface area contributed by atoms with Crippen LogP contribution in [0.5, 0.6) is 11.8 Å². The lowest BCUT2D eigenvalue weighted by molar-refractivity contribution is 0.437. The van der Waals surface area contributed by atoms with Gasteiger partial charge in [0, 0.05) is 4.47 Å². The van der Waals surface area contributed by atoms with Gasteiger partial charge in [0.15, 0.2) is 5.82 Å². The molecule has 0 radical (unpaired) electrons. The summed E-state index contributed by atoms with van der Waals surface area (Å²) in [7, 11) is 0. The van der Waals surface area contributed by atoms with Crippen LogP contribution in [0.15, 0.2) is 53.3 Å². The predicted octanol–water partition coefficient (Wildman–Crippen LogP) is 4.32. The van der Waals surface area contributed by atoms with Crippen molar-refractivity contribution in [3.05, 3.63) is 59.1 Å². The molecule has 1 heterocycles. The predicted molar refractivity (Wildman–Crippen MR) is 73.7 cm³/mol. The molecule has 0 saturated heterocycles. The molecule has 3 aromatic rings. The summed E-state index contributed by atoms with van der Waals surface area (Å²) in [6, 6.07) is 11.7. The molecule has 0 aliphatic rings. The monoisotopic (exact) mass is 318 g/mol. The zero-order valence-electron chi connectivity index (χ0n) is 9.68. The fourth-order valence-corrected chi connectivity index (χ4v) is 2.10. The number of nitrogens with zero attached hydrogens (tertiary/aromatic N) is 2. The molecule has 94 valence electrons. The fourth-order valence-electron chi connectivity index (χ4n) is 1.72. The van der Waals surface area contributed by atoms with E-state index < -0.39 is 5.82 Å². The normalized spacial score (nSPS) is 10.6. The minimum Gasteiger partial charge on any atom is -0.424 e. The summed E-state index contributed by atoms with van der Waals surface area (Å²) in [6.07, 6.45) is 2.14. The van der Waals surface area contributed by atoms with Crippen LogP contribution in [-0.4, -0.2) is 9.97 Å². The Kier molecular flexibility index (Phi) is 3.13. The van der Waals surface area contributed by atoms with Crippen molar-refractivity contribution < 1.29 is 9.13 Å². The van der Waals surface area contributed by atoms with Crippen molar-refractivity contribution in [2.75, 3.05) is 0 Å². The number of hydrogen-bond acceptors (Lipinski definition) is 3. The van der Waals surface area contributed by atoms with Gasteiger partial charge in [-0.3, -0.25) is 0 Å². The summed E-state index contributed by atoms with van der Waals surface area (Å²) in [5.41, 5.74) is 0. The van der Waals surface area contributed by atoms with Crippen molar-refractivity contribution in [2.24, 2.45) is 0 Å². The van der Waals surface area contributed by atoms with Crippen LogP contribution < -0.4 is 4.74 Å². The molecule has 0 bridgehead atoms. The SMILES string of the molecule is Fc1cnc(Oc2ccc3cc(Br)ccc3c2)nc1. The molecule has 0 unspecified atom stereocenters. The lowest BCUT2D eigenvalue weighted by Crippen LogP contribution is -1.92. The highest BCUT2D eigenvalue weighted by Crippen LogP contribution is 2.26. The van der Waals surface area contributed by atoms with E-state index >= 15 is 0 Å². The molecule has 0 atom stereocenters. The van der Waals surface area contributed by atoms with E-state index in [9.17, 15) is 4.39 Å². The van der Waals surface area contributed by atoms with Gasteiger partial charge in [-0.25, -0.2) is 14.4 Å². The Morgan fingerprint density at radius 1 is 0.947 bits per heavy atom. The first-order chi connectivity index (χ1) is 9.20. The van der Waals surface area contributed by atoms with Gasteiger partial charge < -0.3 is 4.74 Å². The maximum Gasteiger partial charge on any atom is 0.322 e. The van der Waals surface area contributed by atoms with Gasteiger partial charge in [0.25, 0.3) is 0 Å². The second-order valence-corrected chi connectivity index (χ2v) is 4.85. The van der Waals surface area contributed by atoms with Gasteiger partial charge in [-0.1, -0.05) is 28.1 Å². The average Bonchev–Trinajstić information content (AvgIpc) is 2.42. The minimum atomic E-state index is -0.490. The van der Waals surface area contributed by atoms with Crippen molar-refractivity contribution in [1.82, 2.24) is 9.97 Å². The van der Waals surface area contributed by atoms with Gasteiger partial charge in [0.2, 0.25) is 0 Å². The Hall–Kier alpha value is -2.01. The number of fused-ring (bicyclic) bond motifs is 1. The number of halogens is 2. The number of benzene rings is 2. The van der Waals surface area contributed by atoms with Crippen LogP contribution in [0.25, 0.3) is 10.8 Å². The van der Waals surface area contributed by atoms with Crippen LogP contribution >= 0.6 is 15.9 Å². The molecule has 3 rings (SSSR count). The first kappa shape index (κ1) is 12.0. The molecule has 0 aliphatic heterocycles. The number of ether oxygens (including phenoxy) is 1. The Morgan fingerprint density at radius 3 is 2.42 bits per heavy atom. The van der Waals surface area contributed by atoms with E-state index in [1.807, 2.05) is 36.4 Å². The molecular weight excluding hydrogens is 311 g/mol. The summed E-state index contributed by atoms with van der Waals surface area (Å²) < 4.78 is 19.2. The molecule has 2 aromatic carbocycles. The highest BCUT2D eigenvalue weighted by Gasteiger charge is 2.02. The van der Waals surface area contributed by atoms with E-state index in [0.717, 1.165) is 27.6 Å². The van der Waals surface area contributed by atoms with E-state index in [1.54, 1.807) is 0 Å². The third-order valence-corrected chi connectivity index (χ3v) is 3.07. The number of aromatic nitrogens is 2. The summed E-state index contributed by atoms with van der Waals surface area (Å²) in [5, 5.41) is 2.14. The molecule has 5 heteroatoms. The summed E-state index contributed by atoms with van der Waals surface area (Å²) in [6.45, 7) is 0. The second-order valence-electron chi connectivity index (χ2n) is 3.94. The van der Waals surface area contributed by atoms with Gasteiger partial charge in [0.05, 0.1) is 12.4 Å². The Balaban J connectivity index is 1.93. The average molecular weight is 319 g/mol. The smallest absolute Gasteiger partial charge is 0.322 e. The maximum atomic E-state index is 12.7. The topological polar surface area (TPSA) is 35.0 Å². The number of hydrogen-bond donors (Lipinski definition) is 0. The lowest BCUT2D eigenvalue weighted by atomic mass is 10.1. The molecule has 19 heavy (non-hydrogen) atoms. The van der Waals surface area contributed by atoms with Crippen LogP contribution in [0.1, 0.15) is 0 Å². The Morgan fingerprint density at radius 2 is 1.63 bits per heavy atom. The van der Waals surface area contributed by atoms with E-state index in [-0.39, 0.29) is 6.01 Å². The van der Waals surface area contributed by atoms with E-state index in [2.05, 4.69) is 25.9 Å². The Bertz CT molecular complexity index is 731. The zero-order chi connectivity index (χ0) is 13.2. The summed E-state index contributed by atoms with van der Waals surface area (Å²) in [5.74, 6) is 0.122. The lowest BCUT2D eigenvalue weighted by Gasteiger charge is -2.05. The van der Waals surface area contributed by atoms with Crippen molar-refractivity contribution in [3.8, 4) is 11.8 Å². The molecule has 3 nitrogen and oxygen atoms in total. The first-order valence-electron chi connectivity index (χ1n) is 5.55. The van der Waals surface area contributed by atoms with Gasteiger partial charge in [-0.05, 0) is 35.0 Å². The molecule has 0 saturated carbocycles. The first-order valence-corrected chi connectivity index (χ1v) is 6.35. The number of rotatable bonds is 2. The second kappa shape index (κ2) is 4.93. The van der Waals surface area contributed by atoms with Gasteiger partial charge >= 0.3 is 6.01 Å². The van der Waals surface area contributed by atoms with Crippen LogP contribution in [0.4, 0.5) is 4.39 Å². The van der Waals surface area contributed by atoms with Crippen molar-refractivity contribution in [3.63, 3.8) is 0 Å². The van der Waals surface area contributed by atoms with Crippen LogP contribution in [0.2, 0.25) is 0 Å². The fraction of sp³-hybridized carbons (Fsp3) is 0.